The predicted octanol–water partition coefficient (Wildman–Crippen LogP) is 4.50. The lowest BCUT2D eigenvalue weighted by atomic mass is 10.1. The van der Waals surface area contributed by atoms with Crippen LogP contribution in [0.4, 0.5) is 0 Å². The molecule has 0 spiro atoms. The molecule has 0 saturated heterocycles. The van der Waals surface area contributed by atoms with Crippen LogP contribution >= 0.6 is 0 Å². The van der Waals surface area contributed by atoms with Crippen LogP contribution in [0.2, 0.25) is 0 Å². The molecule has 0 fully saturated rings. The fourth-order valence-electron chi connectivity index (χ4n) is 3.75. The first kappa shape index (κ1) is 23.7. The molecular weight excluding hydrogens is 446 g/mol. The zero-order valence-corrected chi connectivity index (χ0v) is 20.1. The monoisotopic (exact) mass is 473 g/mol. The normalized spacial score (nSPS) is 10.5. The highest BCUT2D eigenvalue weighted by Gasteiger charge is 2.21. The van der Waals surface area contributed by atoms with Crippen molar-refractivity contribution in [1.29, 1.82) is 0 Å². The number of carbonyl (C=O) groups excluding carboxylic acids is 1. The SMILES string of the molecule is COc1ccc(OC)c(CNC(=O)c2nn(-c3ccccc3)cc2-c2ccc(OC)c(OC)c2)c1. The molecule has 180 valence electrons. The van der Waals surface area contributed by atoms with Crippen LogP contribution in [0, 0.1) is 0 Å². The van der Waals surface area contributed by atoms with Crippen LogP contribution in [0.5, 0.6) is 23.0 Å². The Bertz CT molecular complexity index is 1320. The molecule has 0 aliphatic rings. The van der Waals surface area contributed by atoms with E-state index in [-0.39, 0.29) is 18.1 Å². The molecule has 0 aliphatic heterocycles. The number of carbonyl (C=O) groups is 1. The van der Waals surface area contributed by atoms with E-state index in [9.17, 15) is 4.79 Å². The minimum absolute atomic E-state index is 0.239. The van der Waals surface area contributed by atoms with Gasteiger partial charge >= 0.3 is 0 Å². The van der Waals surface area contributed by atoms with E-state index in [0.717, 1.165) is 16.8 Å². The molecule has 0 unspecified atom stereocenters. The van der Waals surface area contributed by atoms with Gasteiger partial charge in [0.2, 0.25) is 0 Å². The van der Waals surface area contributed by atoms with Gasteiger partial charge in [0.25, 0.3) is 5.91 Å². The highest BCUT2D eigenvalue weighted by Crippen LogP contribution is 2.34. The summed E-state index contributed by atoms with van der Waals surface area (Å²) in [5.41, 5.74) is 3.33. The average Bonchev–Trinajstić information content (AvgIpc) is 3.37. The van der Waals surface area contributed by atoms with Gasteiger partial charge in [-0.15, -0.1) is 0 Å². The summed E-state index contributed by atoms with van der Waals surface area (Å²) in [6.45, 7) is 0.239. The fraction of sp³-hybridized carbons (Fsp3) is 0.185. The summed E-state index contributed by atoms with van der Waals surface area (Å²) < 4.78 is 23.3. The van der Waals surface area contributed by atoms with Gasteiger partial charge in [0, 0.05) is 23.9 Å². The number of para-hydroxylation sites is 1. The van der Waals surface area contributed by atoms with Crippen molar-refractivity contribution in [3.63, 3.8) is 0 Å². The number of hydrogen-bond acceptors (Lipinski definition) is 6. The number of rotatable bonds is 9. The lowest BCUT2D eigenvalue weighted by Crippen LogP contribution is -2.24. The quantitative estimate of drug-likeness (QED) is 0.385. The molecule has 1 heterocycles. The van der Waals surface area contributed by atoms with Gasteiger partial charge in [-0.05, 0) is 48.0 Å². The van der Waals surface area contributed by atoms with E-state index in [0.29, 0.717) is 28.6 Å². The maximum Gasteiger partial charge on any atom is 0.272 e. The third-order valence-electron chi connectivity index (χ3n) is 5.57. The van der Waals surface area contributed by atoms with Crippen molar-refractivity contribution in [2.45, 2.75) is 6.54 Å². The van der Waals surface area contributed by atoms with Crippen LogP contribution in [0.25, 0.3) is 16.8 Å². The standard InChI is InChI=1S/C27H27N3O5/c1-32-21-11-13-23(33-2)19(14-21)16-28-27(31)26-22(17-30(29-26)20-8-6-5-7-9-20)18-10-12-24(34-3)25(15-18)35-4/h5-15,17H,16H2,1-4H3,(H,28,31). The fourth-order valence-corrected chi connectivity index (χ4v) is 3.75. The molecular formula is C27H27N3O5. The lowest BCUT2D eigenvalue weighted by Gasteiger charge is -2.12. The number of aromatic nitrogens is 2. The molecule has 8 heteroatoms. The summed E-state index contributed by atoms with van der Waals surface area (Å²) in [5.74, 6) is 2.16. The smallest absolute Gasteiger partial charge is 0.272 e. The van der Waals surface area contributed by atoms with Gasteiger partial charge in [-0.3, -0.25) is 4.79 Å². The van der Waals surface area contributed by atoms with Gasteiger partial charge in [-0.25, -0.2) is 4.68 Å². The molecule has 35 heavy (non-hydrogen) atoms. The topological polar surface area (TPSA) is 83.8 Å². The first-order valence-electron chi connectivity index (χ1n) is 10.9. The molecule has 0 aliphatic carbocycles. The molecule has 8 nitrogen and oxygen atoms in total. The Balaban J connectivity index is 1.71. The Morgan fingerprint density at radius 3 is 2.23 bits per heavy atom. The van der Waals surface area contributed by atoms with Crippen LogP contribution in [0.1, 0.15) is 16.1 Å². The summed E-state index contributed by atoms with van der Waals surface area (Å²) in [4.78, 5) is 13.4. The van der Waals surface area contributed by atoms with E-state index in [2.05, 4.69) is 10.4 Å². The van der Waals surface area contributed by atoms with Crippen molar-refractivity contribution >= 4 is 5.91 Å². The number of benzene rings is 3. The highest BCUT2D eigenvalue weighted by molar-refractivity contribution is 5.99. The Hall–Kier alpha value is -4.46. The molecule has 4 rings (SSSR count). The van der Waals surface area contributed by atoms with Crippen molar-refractivity contribution in [2.24, 2.45) is 0 Å². The predicted molar refractivity (Wildman–Crippen MR) is 133 cm³/mol. The van der Waals surface area contributed by atoms with E-state index in [1.165, 1.54) is 0 Å². The molecule has 1 amide bonds. The summed E-state index contributed by atoms with van der Waals surface area (Å²) in [7, 11) is 6.33. The van der Waals surface area contributed by atoms with Gasteiger partial charge in [0.15, 0.2) is 17.2 Å². The summed E-state index contributed by atoms with van der Waals surface area (Å²) in [6.07, 6.45) is 1.83. The minimum Gasteiger partial charge on any atom is -0.497 e. The second-order valence-electron chi connectivity index (χ2n) is 7.60. The number of hydrogen-bond donors (Lipinski definition) is 1. The average molecular weight is 474 g/mol. The molecule has 0 bridgehead atoms. The van der Waals surface area contributed by atoms with Crippen LogP contribution in [0.3, 0.4) is 0 Å². The highest BCUT2D eigenvalue weighted by atomic mass is 16.5. The number of amides is 1. The molecule has 3 aromatic carbocycles. The number of nitrogens with zero attached hydrogens (tertiary/aromatic N) is 2. The molecule has 0 saturated carbocycles. The maximum atomic E-state index is 13.4. The zero-order valence-electron chi connectivity index (χ0n) is 20.1. The third kappa shape index (κ3) is 5.06. The molecule has 0 atom stereocenters. The third-order valence-corrected chi connectivity index (χ3v) is 5.57. The van der Waals surface area contributed by atoms with Crippen LogP contribution in [-0.2, 0) is 6.54 Å². The lowest BCUT2D eigenvalue weighted by molar-refractivity contribution is 0.0946. The van der Waals surface area contributed by atoms with E-state index in [4.69, 9.17) is 18.9 Å². The van der Waals surface area contributed by atoms with E-state index in [1.54, 1.807) is 51.3 Å². The number of ether oxygens (including phenoxy) is 4. The van der Waals surface area contributed by atoms with E-state index >= 15 is 0 Å². The Labute approximate surface area is 204 Å². The summed E-state index contributed by atoms with van der Waals surface area (Å²) in [6, 6.07) is 20.6. The summed E-state index contributed by atoms with van der Waals surface area (Å²) in [5, 5.41) is 7.58. The minimum atomic E-state index is -0.325. The van der Waals surface area contributed by atoms with E-state index in [1.807, 2.05) is 54.7 Å². The first-order valence-corrected chi connectivity index (χ1v) is 10.9. The second kappa shape index (κ2) is 10.6. The van der Waals surface area contributed by atoms with Crippen molar-refractivity contribution in [2.75, 3.05) is 28.4 Å². The van der Waals surface area contributed by atoms with Crippen LogP contribution in [-0.4, -0.2) is 44.1 Å². The summed E-state index contributed by atoms with van der Waals surface area (Å²) >= 11 is 0. The maximum absolute atomic E-state index is 13.4. The van der Waals surface area contributed by atoms with Gasteiger partial charge in [0.05, 0.1) is 34.1 Å². The van der Waals surface area contributed by atoms with Gasteiger partial charge < -0.3 is 24.3 Å². The van der Waals surface area contributed by atoms with Gasteiger partial charge in [-0.1, -0.05) is 24.3 Å². The molecule has 4 aromatic rings. The Morgan fingerprint density at radius 2 is 1.54 bits per heavy atom. The van der Waals surface area contributed by atoms with Crippen molar-refractivity contribution in [1.82, 2.24) is 15.1 Å². The van der Waals surface area contributed by atoms with Crippen molar-refractivity contribution in [3.8, 4) is 39.8 Å². The Morgan fingerprint density at radius 1 is 0.829 bits per heavy atom. The first-order chi connectivity index (χ1) is 17.1. The molecule has 0 radical (unpaired) electrons. The van der Waals surface area contributed by atoms with Crippen molar-refractivity contribution in [3.05, 3.63) is 84.2 Å². The van der Waals surface area contributed by atoms with Crippen LogP contribution < -0.4 is 24.3 Å². The van der Waals surface area contributed by atoms with Crippen LogP contribution in [0.15, 0.2) is 72.9 Å². The number of nitrogens with one attached hydrogen (secondary N) is 1. The molecule has 1 N–H and O–H groups in total. The van der Waals surface area contributed by atoms with E-state index < -0.39 is 0 Å². The van der Waals surface area contributed by atoms with Gasteiger partial charge in [-0.2, -0.15) is 5.10 Å². The second-order valence-corrected chi connectivity index (χ2v) is 7.60. The largest absolute Gasteiger partial charge is 0.497 e. The Kier molecular flexibility index (Phi) is 7.21. The zero-order chi connectivity index (χ0) is 24.8. The number of methoxy groups -OCH3 is 4. The molecule has 1 aromatic heterocycles. The van der Waals surface area contributed by atoms with Crippen molar-refractivity contribution < 1.29 is 23.7 Å². The van der Waals surface area contributed by atoms with Gasteiger partial charge in [0.1, 0.15) is 11.5 Å².